The smallest absolute Gasteiger partial charge is 0.303 e. The first-order valence-corrected chi connectivity index (χ1v) is 15.5. The number of para-hydroxylation sites is 1. The number of nitrogens with zero attached hydrogens (tertiary/aromatic N) is 3. The number of carboxylic acid groups (broad SMARTS) is 1. The van der Waals surface area contributed by atoms with Crippen LogP contribution >= 0.6 is 0 Å². The lowest BCUT2D eigenvalue weighted by atomic mass is 9.80. The van der Waals surface area contributed by atoms with E-state index in [2.05, 4.69) is 58.9 Å². The summed E-state index contributed by atoms with van der Waals surface area (Å²) in [6.45, 7) is 7.93. The number of fused-ring (bicyclic) bond motifs is 3. The summed E-state index contributed by atoms with van der Waals surface area (Å²) in [6.07, 6.45) is 5.81. The number of pyridine rings is 1. The van der Waals surface area contributed by atoms with Crippen LogP contribution in [0.4, 0.5) is 0 Å². The Hall–Kier alpha value is -3.71. The molecule has 1 amide bonds. The van der Waals surface area contributed by atoms with Crippen LogP contribution in [0.1, 0.15) is 72.4 Å². The lowest BCUT2D eigenvalue weighted by Gasteiger charge is -2.35. The van der Waals surface area contributed by atoms with Gasteiger partial charge in [0.15, 0.2) is 0 Å². The number of aliphatic carboxylic acids is 1. The Balaban J connectivity index is 1.34. The molecule has 1 N–H and O–H groups in total. The van der Waals surface area contributed by atoms with Gasteiger partial charge < -0.3 is 19.3 Å². The maximum Gasteiger partial charge on any atom is 0.303 e. The number of hydrogen-bond donors (Lipinski definition) is 1. The summed E-state index contributed by atoms with van der Waals surface area (Å²) in [5, 5.41) is 11.5. The van der Waals surface area contributed by atoms with Crippen molar-refractivity contribution in [1.82, 2.24) is 14.5 Å². The first kappa shape index (κ1) is 28.4. The number of carbonyl (C=O) groups is 2. The second-order valence-electron chi connectivity index (χ2n) is 12.1. The van der Waals surface area contributed by atoms with Crippen LogP contribution in [0.15, 0.2) is 48.5 Å². The fraction of sp³-hybridized carbons (Fsp3) is 0.457. The van der Waals surface area contributed by atoms with E-state index in [4.69, 9.17) is 9.72 Å². The summed E-state index contributed by atoms with van der Waals surface area (Å²) >= 11 is 0. The summed E-state index contributed by atoms with van der Waals surface area (Å²) in [5.74, 6) is -0.325. The molecule has 220 valence electrons. The van der Waals surface area contributed by atoms with Crippen LogP contribution in [-0.4, -0.2) is 57.7 Å². The van der Waals surface area contributed by atoms with Crippen LogP contribution in [0.5, 0.6) is 0 Å². The lowest BCUT2D eigenvalue weighted by molar-refractivity contribution is -0.137. The van der Waals surface area contributed by atoms with Gasteiger partial charge in [-0.2, -0.15) is 0 Å². The van der Waals surface area contributed by atoms with Gasteiger partial charge in [0.25, 0.3) is 0 Å². The van der Waals surface area contributed by atoms with Gasteiger partial charge in [-0.15, -0.1) is 0 Å². The summed E-state index contributed by atoms with van der Waals surface area (Å²) < 4.78 is 7.92. The maximum absolute atomic E-state index is 13.8. The number of amides is 1. The normalized spacial score (nSPS) is 17.1. The number of aromatic nitrogens is 2. The Morgan fingerprint density at radius 2 is 1.71 bits per heavy atom. The van der Waals surface area contributed by atoms with Crippen molar-refractivity contribution in [2.24, 2.45) is 5.92 Å². The van der Waals surface area contributed by atoms with Crippen molar-refractivity contribution in [3.8, 4) is 0 Å². The number of benzene rings is 2. The predicted molar refractivity (Wildman–Crippen MR) is 165 cm³/mol. The number of carboxylic acids is 1. The third kappa shape index (κ3) is 5.54. The van der Waals surface area contributed by atoms with E-state index in [1.807, 2.05) is 13.0 Å². The number of likely N-dealkylation sites (tertiary alicyclic amines) is 1. The molecule has 42 heavy (non-hydrogen) atoms. The number of ether oxygens (including phenoxy) is 1. The zero-order chi connectivity index (χ0) is 29.2. The van der Waals surface area contributed by atoms with Crippen LogP contribution in [0.2, 0.25) is 0 Å². The quantitative estimate of drug-likeness (QED) is 0.267. The van der Waals surface area contributed by atoms with E-state index in [1.165, 1.54) is 6.42 Å². The van der Waals surface area contributed by atoms with Gasteiger partial charge in [0.1, 0.15) is 5.65 Å². The summed E-state index contributed by atoms with van der Waals surface area (Å²) in [6, 6.07) is 17.0. The predicted octanol–water partition coefficient (Wildman–Crippen LogP) is 6.39. The molecule has 4 heterocycles. The molecule has 0 spiro atoms. The fourth-order valence-corrected chi connectivity index (χ4v) is 7.17. The van der Waals surface area contributed by atoms with Gasteiger partial charge in [0.05, 0.1) is 11.4 Å². The molecule has 2 aromatic carbocycles. The van der Waals surface area contributed by atoms with Crippen molar-refractivity contribution in [2.75, 3.05) is 26.3 Å². The van der Waals surface area contributed by atoms with Gasteiger partial charge in [0.2, 0.25) is 5.91 Å². The van der Waals surface area contributed by atoms with Gasteiger partial charge >= 0.3 is 5.97 Å². The molecular formula is C35H41N3O4. The zero-order valence-electron chi connectivity index (χ0n) is 24.8. The summed E-state index contributed by atoms with van der Waals surface area (Å²) in [7, 11) is 0. The Morgan fingerprint density at radius 1 is 1.00 bits per heavy atom. The molecule has 2 fully saturated rings. The van der Waals surface area contributed by atoms with Gasteiger partial charge in [-0.05, 0) is 86.6 Å². The third-order valence-electron chi connectivity index (χ3n) is 9.42. The monoisotopic (exact) mass is 567 g/mol. The Kier molecular flexibility index (Phi) is 8.29. The number of piperidine rings is 1. The zero-order valence-corrected chi connectivity index (χ0v) is 24.8. The number of aryl methyl sites for hydroxylation is 2. The van der Waals surface area contributed by atoms with Crippen molar-refractivity contribution in [1.29, 1.82) is 0 Å². The molecule has 1 atom stereocenters. The second kappa shape index (κ2) is 12.3. The topological polar surface area (TPSA) is 84.7 Å². The Bertz CT molecular complexity index is 1590. The Labute approximate surface area is 247 Å². The fourth-order valence-electron chi connectivity index (χ4n) is 7.17. The summed E-state index contributed by atoms with van der Waals surface area (Å²) in [4.78, 5) is 32.3. The van der Waals surface area contributed by atoms with Crippen LogP contribution in [-0.2, 0) is 27.3 Å². The molecule has 2 saturated heterocycles. The van der Waals surface area contributed by atoms with E-state index < -0.39 is 5.97 Å². The largest absolute Gasteiger partial charge is 0.481 e. The molecule has 0 aliphatic carbocycles. The van der Waals surface area contributed by atoms with Gasteiger partial charge in [-0.1, -0.05) is 42.5 Å². The highest BCUT2D eigenvalue weighted by atomic mass is 16.5. The molecule has 0 radical (unpaired) electrons. The van der Waals surface area contributed by atoms with Crippen molar-refractivity contribution < 1.29 is 19.4 Å². The van der Waals surface area contributed by atoms with Crippen LogP contribution in [0.3, 0.4) is 0 Å². The minimum Gasteiger partial charge on any atom is -0.481 e. The molecule has 2 aromatic heterocycles. The van der Waals surface area contributed by atoms with Crippen LogP contribution in [0, 0.1) is 19.8 Å². The highest BCUT2D eigenvalue weighted by Crippen LogP contribution is 2.36. The number of carbonyl (C=O) groups excluding carboxylic acids is 1. The molecule has 7 heteroatoms. The minimum atomic E-state index is -0.795. The minimum absolute atomic E-state index is 0.0923. The Morgan fingerprint density at radius 3 is 2.43 bits per heavy atom. The molecule has 4 aromatic rings. The van der Waals surface area contributed by atoms with Gasteiger partial charge in [0, 0.05) is 55.7 Å². The highest BCUT2D eigenvalue weighted by molar-refractivity contribution is 6.08. The molecular weight excluding hydrogens is 526 g/mol. The van der Waals surface area contributed by atoms with E-state index in [0.717, 1.165) is 102 Å². The molecule has 7 nitrogen and oxygen atoms in total. The van der Waals surface area contributed by atoms with E-state index in [-0.39, 0.29) is 18.2 Å². The standard InChI is InChI=1S/C35H41N3O4/c1-23-28(14-15-31(39)40)24(2)36-34-32(23)29-8-4-5-9-30(29)38(34)22-25-10-12-26(13-11-25)33(27-16-20-42-21-17-27)35(41)37-18-6-3-7-19-37/h4-5,8-13,27,33H,3,6-7,14-22H2,1-2H3,(H,39,40). The molecule has 2 aliphatic rings. The van der Waals surface area contributed by atoms with E-state index in [0.29, 0.717) is 18.9 Å². The third-order valence-corrected chi connectivity index (χ3v) is 9.42. The molecule has 6 rings (SSSR count). The first-order valence-electron chi connectivity index (χ1n) is 15.5. The van der Waals surface area contributed by atoms with E-state index in [1.54, 1.807) is 0 Å². The molecule has 1 unspecified atom stereocenters. The van der Waals surface area contributed by atoms with Crippen molar-refractivity contribution in [2.45, 2.75) is 71.3 Å². The van der Waals surface area contributed by atoms with Crippen LogP contribution < -0.4 is 0 Å². The van der Waals surface area contributed by atoms with Gasteiger partial charge in [-0.3, -0.25) is 9.59 Å². The van der Waals surface area contributed by atoms with E-state index >= 15 is 0 Å². The molecule has 0 saturated carbocycles. The average molecular weight is 568 g/mol. The van der Waals surface area contributed by atoms with Crippen molar-refractivity contribution >= 4 is 33.8 Å². The van der Waals surface area contributed by atoms with E-state index in [9.17, 15) is 14.7 Å². The first-order chi connectivity index (χ1) is 20.4. The second-order valence-corrected chi connectivity index (χ2v) is 12.1. The highest BCUT2D eigenvalue weighted by Gasteiger charge is 2.34. The molecule has 0 bridgehead atoms. The van der Waals surface area contributed by atoms with Crippen molar-refractivity contribution in [3.63, 3.8) is 0 Å². The molecule has 2 aliphatic heterocycles. The summed E-state index contributed by atoms with van der Waals surface area (Å²) in [5.41, 5.74) is 7.32. The lowest BCUT2D eigenvalue weighted by Crippen LogP contribution is -2.42. The number of hydrogen-bond acceptors (Lipinski definition) is 4. The average Bonchev–Trinajstić information content (AvgIpc) is 3.31. The number of rotatable bonds is 8. The van der Waals surface area contributed by atoms with Gasteiger partial charge in [-0.25, -0.2) is 4.98 Å². The van der Waals surface area contributed by atoms with Crippen molar-refractivity contribution in [3.05, 3.63) is 76.5 Å². The van der Waals surface area contributed by atoms with Crippen LogP contribution in [0.25, 0.3) is 21.9 Å². The maximum atomic E-state index is 13.8. The SMILES string of the molecule is Cc1nc2c(c(C)c1CCC(=O)O)c1ccccc1n2Cc1ccc(C(C(=O)N2CCCCC2)C2CCOCC2)cc1.